The molecule has 5 heteroatoms. The standard InChI is InChI=1S/C11H27NO3Si/c1-4-5-7-10-15-16(13-2,14-3)11-8-6-9-12/h4-12H2,1-3H3. The number of unbranched alkanes of at least 4 members (excludes halogenated alkanes) is 3. The van der Waals surface area contributed by atoms with Gasteiger partial charge in [-0.05, 0) is 25.8 Å². The van der Waals surface area contributed by atoms with Crippen molar-refractivity contribution in [3.63, 3.8) is 0 Å². The van der Waals surface area contributed by atoms with Crippen LogP contribution in [0.25, 0.3) is 0 Å². The monoisotopic (exact) mass is 249 g/mol. The summed E-state index contributed by atoms with van der Waals surface area (Å²) in [6, 6.07) is 0.864. The Kier molecular flexibility index (Phi) is 10.3. The first-order valence-electron chi connectivity index (χ1n) is 6.19. The van der Waals surface area contributed by atoms with E-state index in [0.717, 1.165) is 31.9 Å². The van der Waals surface area contributed by atoms with Gasteiger partial charge < -0.3 is 19.0 Å². The number of rotatable bonds is 11. The second-order valence-corrected chi connectivity index (χ2v) is 6.86. The summed E-state index contributed by atoms with van der Waals surface area (Å²) < 4.78 is 16.8. The summed E-state index contributed by atoms with van der Waals surface area (Å²) in [4.78, 5) is 0. The van der Waals surface area contributed by atoms with Gasteiger partial charge in [-0.2, -0.15) is 0 Å². The van der Waals surface area contributed by atoms with Crippen molar-refractivity contribution in [2.75, 3.05) is 27.4 Å². The molecule has 0 aromatic carbocycles. The van der Waals surface area contributed by atoms with E-state index in [-0.39, 0.29) is 0 Å². The van der Waals surface area contributed by atoms with Crippen LogP contribution in [0.2, 0.25) is 6.04 Å². The Hall–Kier alpha value is 0.0569. The molecule has 16 heavy (non-hydrogen) atoms. The predicted octanol–water partition coefficient (Wildman–Crippen LogP) is 2.16. The highest BCUT2D eigenvalue weighted by Gasteiger charge is 2.37. The van der Waals surface area contributed by atoms with Gasteiger partial charge in [-0.15, -0.1) is 0 Å². The topological polar surface area (TPSA) is 53.7 Å². The quantitative estimate of drug-likeness (QED) is 0.450. The van der Waals surface area contributed by atoms with Crippen molar-refractivity contribution in [2.45, 2.75) is 45.1 Å². The molecule has 0 spiro atoms. The molecule has 0 aliphatic rings. The van der Waals surface area contributed by atoms with Gasteiger partial charge in [0.15, 0.2) is 0 Å². The summed E-state index contributed by atoms with van der Waals surface area (Å²) in [7, 11) is 0.971. The van der Waals surface area contributed by atoms with Gasteiger partial charge in [0.2, 0.25) is 0 Å². The lowest BCUT2D eigenvalue weighted by molar-refractivity contribution is 0.0958. The van der Waals surface area contributed by atoms with Crippen LogP contribution in [-0.2, 0) is 13.3 Å². The van der Waals surface area contributed by atoms with Gasteiger partial charge in [0.1, 0.15) is 0 Å². The normalized spacial score (nSPS) is 12.0. The molecular formula is C11H27NO3Si. The molecule has 2 N–H and O–H groups in total. The first-order chi connectivity index (χ1) is 7.74. The molecular weight excluding hydrogens is 222 g/mol. The Balaban J connectivity index is 3.90. The van der Waals surface area contributed by atoms with Crippen molar-refractivity contribution in [2.24, 2.45) is 5.73 Å². The van der Waals surface area contributed by atoms with E-state index in [1.165, 1.54) is 12.8 Å². The fourth-order valence-electron chi connectivity index (χ4n) is 1.54. The number of nitrogens with two attached hydrogens (primary N) is 1. The third-order valence-corrected chi connectivity index (χ3v) is 5.48. The highest BCUT2D eigenvalue weighted by molar-refractivity contribution is 6.60. The summed E-state index contributed by atoms with van der Waals surface area (Å²) >= 11 is 0. The molecule has 0 fully saturated rings. The van der Waals surface area contributed by atoms with Crippen molar-refractivity contribution in [3.05, 3.63) is 0 Å². The van der Waals surface area contributed by atoms with E-state index in [4.69, 9.17) is 19.0 Å². The highest BCUT2D eigenvalue weighted by Crippen LogP contribution is 2.17. The predicted molar refractivity (Wildman–Crippen MR) is 68.3 cm³/mol. The van der Waals surface area contributed by atoms with Crippen LogP contribution >= 0.6 is 0 Å². The molecule has 0 atom stereocenters. The zero-order valence-electron chi connectivity index (χ0n) is 11.0. The average Bonchev–Trinajstić information content (AvgIpc) is 2.33. The van der Waals surface area contributed by atoms with Gasteiger partial charge in [0.25, 0.3) is 0 Å². The van der Waals surface area contributed by atoms with Crippen LogP contribution in [-0.4, -0.2) is 36.2 Å². The molecule has 0 saturated heterocycles. The van der Waals surface area contributed by atoms with E-state index >= 15 is 0 Å². The van der Waals surface area contributed by atoms with Gasteiger partial charge in [-0.1, -0.05) is 19.8 Å². The minimum atomic E-state index is -2.39. The first-order valence-corrected chi connectivity index (χ1v) is 8.12. The van der Waals surface area contributed by atoms with Gasteiger partial charge in [-0.3, -0.25) is 0 Å². The lowest BCUT2D eigenvalue weighted by atomic mass is 10.3. The Morgan fingerprint density at radius 3 is 2.19 bits per heavy atom. The van der Waals surface area contributed by atoms with Gasteiger partial charge in [-0.25, -0.2) is 0 Å². The molecule has 0 aliphatic heterocycles. The summed E-state index contributed by atoms with van der Waals surface area (Å²) in [5.74, 6) is 0. The maximum Gasteiger partial charge on any atom is 0.500 e. The van der Waals surface area contributed by atoms with Crippen LogP contribution in [0, 0.1) is 0 Å². The van der Waals surface area contributed by atoms with E-state index in [1.54, 1.807) is 14.2 Å². The van der Waals surface area contributed by atoms with Crippen molar-refractivity contribution in [1.82, 2.24) is 0 Å². The smallest absolute Gasteiger partial charge is 0.377 e. The summed E-state index contributed by atoms with van der Waals surface area (Å²) in [5.41, 5.74) is 5.47. The van der Waals surface area contributed by atoms with E-state index < -0.39 is 8.80 Å². The van der Waals surface area contributed by atoms with Crippen molar-refractivity contribution in [3.8, 4) is 0 Å². The Morgan fingerprint density at radius 2 is 1.69 bits per heavy atom. The fourth-order valence-corrected chi connectivity index (χ4v) is 3.64. The van der Waals surface area contributed by atoms with Gasteiger partial charge >= 0.3 is 8.80 Å². The summed E-state index contributed by atoms with van der Waals surface area (Å²) in [6.45, 7) is 3.64. The van der Waals surface area contributed by atoms with Crippen molar-refractivity contribution >= 4 is 8.80 Å². The molecule has 0 amide bonds. The molecule has 4 nitrogen and oxygen atoms in total. The van der Waals surface area contributed by atoms with Crippen molar-refractivity contribution < 1.29 is 13.3 Å². The Bertz CT molecular complexity index is 154. The molecule has 0 unspecified atom stereocenters. The SMILES string of the molecule is CCCCCO[Si](CCCCN)(OC)OC. The maximum atomic E-state index is 5.83. The van der Waals surface area contributed by atoms with Crippen LogP contribution in [0.1, 0.15) is 39.0 Å². The highest BCUT2D eigenvalue weighted by atomic mass is 28.4. The second kappa shape index (κ2) is 10.2. The maximum absolute atomic E-state index is 5.83. The number of hydrogen-bond donors (Lipinski definition) is 1. The molecule has 0 bridgehead atoms. The Morgan fingerprint density at radius 1 is 1.00 bits per heavy atom. The molecule has 0 saturated carbocycles. The molecule has 0 heterocycles. The van der Waals surface area contributed by atoms with Crippen LogP contribution in [0.4, 0.5) is 0 Å². The third kappa shape index (κ3) is 6.60. The summed E-state index contributed by atoms with van der Waals surface area (Å²) in [6.07, 6.45) is 5.48. The summed E-state index contributed by atoms with van der Waals surface area (Å²) in [5, 5.41) is 0. The largest absolute Gasteiger partial charge is 0.500 e. The Labute approximate surface area is 101 Å². The average molecular weight is 249 g/mol. The molecule has 0 aromatic heterocycles. The van der Waals surface area contributed by atoms with Crippen LogP contribution in [0.3, 0.4) is 0 Å². The zero-order valence-corrected chi connectivity index (χ0v) is 12.0. The minimum Gasteiger partial charge on any atom is -0.377 e. The van der Waals surface area contributed by atoms with Crippen molar-refractivity contribution in [1.29, 1.82) is 0 Å². The number of hydrogen-bond acceptors (Lipinski definition) is 4. The van der Waals surface area contributed by atoms with E-state index in [0.29, 0.717) is 6.54 Å². The molecule has 0 aromatic rings. The first kappa shape index (κ1) is 16.1. The van der Waals surface area contributed by atoms with Crippen LogP contribution in [0.5, 0.6) is 0 Å². The molecule has 98 valence electrons. The minimum absolute atomic E-state index is 0.716. The third-order valence-electron chi connectivity index (χ3n) is 2.63. The van der Waals surface area contributed by atoms with E-state index in [1.807, 2.05) is 0 Å². The lowest BCUT2D eigenvalue weighted by Gasteiger charge is -2.26. The zero-order chi connectivity index (χ0) is 12.3. The van der Waals surface area contributed by atoms with Gasteiger partial charge in [0.05, 0.1) is 0 Å². The molecule has 0 radical (unpaired) electrons. The molecule has 0 rings (SSSR count). The van der Waals surface area contributed by atoms with Crippen LogP contribution < -0.4 is 5.73 Å². The van der Waals surface area contributed by atoms with E-state index in [9.17, 15) is 0 Å². The van der Waals surface area contributed by atoms with Gasteiger partial charge in [0, 0.05) is 26.9 Å². The fraction of sp³-hybridized carbons (Fsp3) is 1.00. The van der Waals surface area contributed by atoms with Crippen LogP contribution in [0.15, 0.2) is 0 Å². The molecule has 0 aliphatic carbocycles. The second-order valence-electron chi connectivity index (χ2n) is 3.89. The van der Waals surface area contributed by atoms with E-state index in [2.05, 4.69) is 6.92 Å². The lowest BCUT2D eigenvalue weighted by Crippen LogP contribution is -2.44.